The van der Waals surface area contributed by atoms with Gasteiger partial charge in [0, 0.05) is 35.8 Å². The Bertz CT molecular complexity index is 910. The summed E-state index contributed by atoms with van der Waals surface area (Å²) in [5.74, 6) is 2.09. The molecule has 0 aliphatic carbocycles. The highest BCUT2D eigenvalue weighted by Gasteiger charge is 2.15. The van der Waals surface area contributed by atoms with Crippen LogP contribution in [0.4, 0.5) is 0 Å². The lowest BCUT2D eigenvalue weighted by Gasteiger charge is -2.20. The molecule has 0 unspecified atom stereocenters. The van der Waals surface area contributed by atoms with E-state index in [2.05, 4.69) is 20.9 Å². The molecule has 0 aliphatic rings. The predicted molar refractivity (Wildman–Crippen MR) is 140 cm³/mol. The van der Waals surface area contributed by atoms with E-state index < -0.39 is 0 Å². The maximum Gasteiger partial charge on any atom is 0.251 e. The molecule has 0 atom stereocenters. The van der Waals surface area contributed by atoms with Gasteiger partial charge in [-0.1, -0.05) is 12.1 Å². The molecule has 0 heterocycles. The van der Waals surface area contributed by atoms with Crippen LogP contribution in [0, 0.1) is 0 Å². The first-order chi connectivity index (χ1) is 14.8. The maximum absolute atomic E-state index is 12.4. The van der Waals surface area contributed by atoms with Gasteiger partial charge >= 0.3 is 0 Å². The first-order valence-electron chi connectivity index (χ1n) is 10.4. The van der Waals surface area contributed by atoms with Gasteiger partial charge in [-0.3, -0.25) is 4.79 Å². The molecule has 0 spiro atoms. The lowest BCUT2D eigenvalue weighted by Crippen LogP contribution is -2.40. The molecular formula is C24H35IN4O3. The number of halogens is 1. The van der Waals surface area contributed by atoms with Gasteiger partial charge in [-0.2, -0.15) is 0 Å². The average molecular weight is 554 g/mol. The van der Waals surface area contributed by atoms with Gasteiger partial charge in [-0.05, 0) is 57.5 Å². The minimum atomic E-state index is -0.282. The molecule has 0 aromatic heterocycles. The highest BCUT2D eigenvalue weighted by Crippen LogP contribution is 2.24. The van der Waals surface area contributed by atoms with Crippen molar-refractivity contribution in [3.05, 3.63) is 59.2 Å². The van der Waals surface area contributed by atoms with E-state index in [1.165, 1.54) is 0 Å². The first kappa shape index (κ1) is 27.5. The van der Waals surface area contributed by atoms with Crippen molar-refractivity contribution >= 4 is 35.8 Å². The summed E-state index contributed by atoms with van der Waals surface area (Å²) in [7, 11) is 3.27. The normalized spacial score (nSPS) is 11.2. The van der Waals surface area contributed by atoms with Crippen molar-refractivity contribution in [2.75, 3.05) is 20.8 Å². The molecule has 8 heteroatoms. The van der Waals surface area contributed by atoms with E-state index in [4.69, 9.17) is 9.47 Å². The van der Waals surface area contributed by atoms with Crippen LogP contribution < -0.4 is 25.4 Å². The zero-order valence-electron chi connectivity index (χ0n) is 19.7. The fourth-order valence-corrected chi connectivity index (χ4v) is 2.91. The van der Waals surface area contributed by atoms with E-state index in [1.54, 1.807) is 14.2 Å². The van der Waals surface area contributed by atoms with Crippen LogP contribution >= 0.6 is 24.0 Å². The maximum atomic E-state index is 12.4. The zero-order valence-corrected chi connectivity index (χ0v) is 22.1. The number of nitrogens with one attached hydrogen (secondary N) is 3. The van der Waals surface area contributed by atoms with Gasteiger partial charge in [0.25, 0.3) is 5.91 Å². The highest BCUT2D eigenvalue weighted by atomic mass is 127. The van der Waals surface area contributed by atoms with Crippen LogP contribution in [0.3, 0.4) is 0 Å². The molecule has 0 fully saturated rings. The molecule has 32 heavy (non-hydrogen) atoms. The largest absolute Gasteiger partial charge is 0.497 e. The van der Waals surface area contributed by atoms with Gasteiger partial charge in [-0.15, -0.1) is 24.0 Å². The Morgan fingerprint density at radius 1 is 1.03 bits per heavy atom. The summed E-state index contributed by atoms with van der Waals surface area (Å²) in [6.45, 7) is 9.64. The molecule has 176 valence electrons. The van der Waals surface area contributed by atoms with E-state index in [-0.39, 0.29) is 35.4 Å². The molecule has 0 saturated carbocycles. The molecular weight excluding hydrogens is 519 g/mol. The van der Waals surface area contributed by atoms with Gasteiger partial charge in [0.1, 0.15) is 11.5 Å². The molecule has 2 rings (SSSR count). The second-order valence-corrected chi connectivity index (χ2v) is 8.13. The second-order valence-electron chi connectivity index (χ2n) is 8.13. The van der Waals surface area contributed by atoms with Crippen molar-refractivity contribution in [2.45, 2.75) is 46.3 Å². The molecule has 1 amide bonds. The Labute approximate surface area is 208 Å². The number of amides is 1. The molecule has 2 aromatic carbocycles. The third-order valence-corrected chi connectivity index (χ3v) is 4.38. The predicted octanol–water partition coefficient (Wildman–Crippen LogP) is 4.11. The number of carbonyl (C=O) groups is 1. The molecule has 0 bridgehead atoms. The van der Waals surface area contributed by atoms with Crippen LogP contribution in [0.2, 0.25) is 0 Å². The number of benzene rings is 2. The molecule has 0 aliphatic heterocycles. The van der Waals surface area contributed by atoms with E-state index in [9.17, 15) is 4.79 Å². The molecule has 3 N–H and O–H groups in total. The molecule has 2 aromatic rings. The Hall–Kier alpha value is -2.49. The summed E-state index contributed by atoms with van der Waals surface area (Å²) < 4.78 is 10.7. The number of methoxy groups -OCH3 is 2. The minimum Gasteiger partial charge on any atom is -0.497 e. The number of ether oxygens (including phenoxy) is 2. The van der Waals surface area contributed by atoms with E-state index >= 15 is 0 Å². The zero-order chi connectivity index (χ0) is 22.9. The van der Waals surface area contributed by atoms with Crippen LogP contribution in [-0.4, -0.2) is 38.2 Å². The van der Waals surface area contributed by atoms with Gasteiger partial charge in [-0.25, -0.2) is 4.99 Å². The van der Waals surface area contributed by atoms with Gasteiger partial charge < -0.3 is 25.4 Å². The van der Waals surface area contributed by atoms with Crippen molar-refractivity contribution < 1.29 is 14.3 Å². The number of rotatable bonds is 8. The van der Waals surface area contributed by atoms with E-state index in [1.807, 2.05) is 70.2 Å². The Balaban J connectivity index is 0.00000512. The summed E-state index contributed by atoms with van der Waals surface area (Å²) >= 11 is 0. The Morgan fingerprint density at radius 3 is 2.41 bits per heavy atom. The quantitative estimate of drug-likeness (QED) is 0.260. The van der Waals surface area contributed by atoms with Crippen LogP contribution in [-0.2, 0) is 13.1 Å². The Morgan fingerprint density at radius 2 is 1.78 bits per heavy atom. The second kappa shape index (κ2) is 13.1. The van der Waals surface area contributed by atoms with Crippen molar-refractivity contribution in [3.8, 4) is 11.5 Å². The molecule has 7 nitrogen and oxygen atoms in total. The van der Waals surface area contributed by atoms with Crippen molar-refractivity contribution in [1.82, 2.24) is 16.0 Å². The fourth-order valence-electron chi connectivity index (χ4n) is 2.91. The van der Waals surface area contributed by atoms with Gasteiger partial charge in [0.05, 0.1) is 20.8 Å². The number of nitrogens with zero attached hydrogens (tertiary/aromatic N) is 1. The smallest absolute Gasteiger partial charge is 0.251 e. The summed E-state index contributed by atoms with van der Waals surface area (Å²) in [4.78, 5) is 17.1. The summed E-state index contributed by atoms with van der Waals surface area (Å²) in [5.41, 5.74) is 2.30. The van der Waals surface area contributed by atoms with E-state index in [0.29, 0.717) is 24.6 Å². The summed E-state index contributed by atoms with van der Waals surface area (Å²) in [5, 5.41) is 9.56. The van der Waals surface area contributed by atoms with Crippen molar-refractivity contribution in [3.63, 3.8) is 0 Å². The monoisotopic (exact) mass is 554 g/mol. The third-order valence-electron chi connectivity index (χ3n) is 4.38. The summed E-state index contributed by atoms with van der Waals surface area (Å²) in [6, 6.07) is 13.3. The van der Waals surface area contributed by atoms with Crippen LogP contribution in [0.15, 0.2) is 47.5 Å². The molecule has 0 saturated heterocycles. The Kier molecular flexibility index (Phi) is 11.3. The topological polar surface area (TPSA) is 84.0 Å². The number of guanidine groups is 1. The lowest BCUT2D eigenvalue weighted by atomic mass is 10.1. The summed E-state index contributed by atoms with van der Waals surface area (Å²) in [6.07, 6.45) is 0. The van der Waals surface area contributed by atoms with Gasteiger partial charge in [0.15, 0.2) is 5.96 Å². The number of hydrogen-bond donors (Lipinski definition) is 3. The standard InChI is InChI=1S/C24H34N4O3.HI/c1-7-25-23(27-16-19-11-12-20(30-5)14-21(19)31-6)26-15-17-9-8-10-18(13-17)22(29)28-24(2,3)4;/h8-14H,7,15-16H2,1-6H3,(H,28,29)(H2,25,26,27);1H. The third kappa shape index (κ3) is 8.94. The van der Waals surface area contributed by atoms with Crippen LogP contribution in [0.5, 0.6) is 11.5 Å². The number of carbonyl (C=O) groups excluding carboxylic acids is 1. The fraction of sp³-hybridized carbons (Fsp3) is 0.417. The van der Waals surface area contributed by atoms with Crippen LogP contribution in [0.1, 0.15) is 49.2 Å². The van der Waals surface area contributed by atoms with Gasteiger partial charge in [0.2, 0.25) is 0 Å². The lowest BCUT2D eigenvalue weighted by molar-refractivity contribution is 0.0919. The highest BCUT2D eigenvalue weighted by molar-refractivity contribution is 14.0. The SMILES string of the molecule is CCNC(=NCc1cccc(C(=O)NC(C)(C)C)c1)NCc1ccc(OC)cc1OC.I. The van der Waals surface area contributed by atoms with Crippen molar-refractivity contribution in [2.24, 2.45) is 4.99 Å². The number of aliphatic imine (C=N–C) groups is 1. The van der Waals surface area contributed by atoms with Crippen LogP contribution in [0.25, 0.3) is 0 Å². The average Bonchev–Trinajstić information content (AvgIpc) is 2.74. The minimum absolute atomic E-state index is 0. The van der Waals surface area contributed by atoms with E-state index in [0.717, 1.165) is 29.2 Å². The van der Waals surface area contributed by atoms with Crippen molar-refractivity contribution in [1.29, 1.82) is 0 Å². The number of hydrogen-bond acceptors (Lipinski definition) is 4. The molecule has 0 radical (unpaired) electrons. The first-order valence-corrected chi connectivity index (χ1v) is 10.4.